The van der Waals surface area contributed by atoms with Crippen molar-refractivity contribution in [1.82, 2.24) is 0 Å². The van der Waals surface area contributed by atoms with E-state index >= 15 is 0 Å². The zero-order chi connectivity index (χ0) is 22.7. The Bertz CT molecular complexity index is 983. The normalized spacial score (nSPS) is 25.1. The van der Waals surface area contributed by atoms with Crippen molar-refractivity contribution in [3.8, 4) is 5.75 Å². The van der Waals surface area contributed by atoms with Crippen LogP contribution in [0.2, 0.25) is 0 Å². The van der Waals surface area contributed by atoms with E-state index in [4.69, 9.17) is 4.74 Å². The second-order valence-corrected chi connectivity index (χ2v) is 9.64. The molecular weight excluding hydrogens is 406 g/mol. The predicted molar refractivity (Wildman–Crippen MR) is 123 cm³/mol. The largest absolute Gasteiger partial charge is 0.420 e. The first-order valence-corrected chi connectivity index (χ1v) is 11.8. The molecular formula is C28H32F2O2. The van der Waals surface area contributed by atoms with Gasteiger partial charge in [-0.1, -0.05) is 24.6 Å². The summed E-state index contributed by atoms with van der Waals surface area (Å²) in [7, 11) is 0. The predicted octanol–water partition coefficient (Wildman–Crippen LogP) is 7.76. The molecule has 4 heteroatoms. The Hall–Kier alpha value is -2.49. The Morgan fingerprint density at radius 1 is 1.03 bits per heavy atom. The quantitative estimate of drug-likeness (QED) is 0.262. The van der Waals surface area contributed by atoms with Crippen LogP contribution < -0.4 is 4.74 Å². The van der Waals surface area contributed by atoms with Crippen LogP contribution >= 0.6 is 0 Å². The summed E-state index contributed by atoms with van der Waals surface area (Å²) in [6, 6.07) is 9.12. The fraction of sp³-hybridized carbons (Fsp3) is 0.464. The second-order valence-electron chi connectivity index (χ2n) is 9.64. The van der Waals surface area contributed by atoms with Gasteiger partial charge >= 0.3 is 5.97 Å². The molecule has 2 fully saturated rings. The van der Waals surface area contributed by atoms with Gasteiger partial charge in [-0.25, -0.2) is 13.6 Å². The molecule has 2 aliphatic carbocycles. The fourth-order valence-corrected chi connectivity index (χ4v) is 5.70. The van der Waals surface area contributed by atoms with Gasteiger partial charge in [0.15, 0.2) is 11.6 Å². The minimum absolute atomic E-state index is 0.162. The van der Waals surface area contributed by atoms with Crippen LogP contribution in [0, 0.1) is 36.3 Å². The Balaban J connectivity index is 1.39. The Morgan fingerprint density at radius 2 is 1.81 bits per heavy atom. The highest BCUT2D eigenvalue weighted by molar-refractivity contribution is 5.91. The minimum Gasteiger partial charge on any atom is -0.420 e. The van der Waals surface area contributed by atoms with Crippen molar-refractivity contribution in [3.63, 3.8) is 0 Å². The lowest BCUT2D eigenvalue weighted by molar-refractivity contribution is 0.0723. The van der Waals surface area contributed by atoms with E-state index in [1.165, 1.54) is 56.4 Å². The molecule has 2 aromatic carbocycles. The van der Waals surface area contributed by atoms with Crippen LogP contribution in [0.5, 0.6) is 5.75 Å². The van der Waals surface area contributed by atoms with Crippen molar-refractivity contribution in [2.75, 3.05) is 0 Å². The maximum absolute atomic E-state index is 14.8. The van der Waals surface area contributed by atoms with Gasteiger partial charge in [-0.3, -0.25) is 0 Å². The molecule has 2 nitrogen and oxygen atoms in total. The molecule has 32 heavy (non-hydrogen) atoms. The molecule has 2 saturated carbocycles. The van der Waals surface area contributed by atoms with Gasteiger partial charge < -0.3 is 4.74 Å². The zero-order valence-electron chi connectivity index (χ0n) is 18.8. The van der Waals surface area contributed by atoms with Gasteiger partial charge in [-0.2, -0.15) is 0 Å². The molecule has 4 atom stereocenters. The Labute approximate surface area is 189 Å². The highest BCUT2D eigenvalue weighted by Crippen LogP contribution is 2.48. The van der Waals surface area contributed by atoms with E-state index in [-0.39, 0.29) is 11.3 Å². The lowest BCUT2D eigenvalue weighted by Gasteiger charge is -2.42. The van der Waals surface area contributed by atoms with Gasteiger partial charge in [-0.15, -0.1) is 6.58 Å². The smallest absolute Gasteiger partial charge is 0.346 e. The van der Waals surface area contributed by atoms with Crippen molar-refractivity contribution >= 4 is 5.97 Å². The molecule has 0 N–H and O–H groups in total. The summed E-state index contributed by atoms with van der Waals surface area (Å²) in [5.74, 6) is 0.359. The van der Waals surface area contributed by atoms with Gasteiger partial charge in [-0.05, 0) is 111 Å². The minimum atomic E-state index is -0.877. The average molecular weight is 439 g/mol. The summed E-state index contributed by atoms with van der Waals surface area (Å²) < 4.78 is 33.9. The average Bonchev–Trinajstić information content (AvgIpc) is 2.79. The van der Waals surface area contributed by atoms with E-state index in [1.807, 2.05) is 12.1 Å². The lowest BCUT2D eigenvalue weighted by Crippen LogP contribution is -2.30. The Kier molecular flexibility index (Phi) is 7.07. The highest BCUT2D eigenvalue weighted by Gasteiger charge is 2.36. The number of carbonyl (C=O) groups excluding carboxylic acids is 1. The first-order chi connectivity index (χ1) is 15.4. The summed E-state index contributed by atoms with van der Waals surface area (Å²) >= 11 is 0. The number of hydrogen-bond acceptors (Lipinski definition) is 2. The number of rotatable bonds is 6. The summed E-state index contributed by atoms with van der Waals surface area (Å²) in [5, 5.41) is 0. The van der Waals surface area contributed by atoms with Crippen LogP contribution in [0.3, 0.4) is 0 Å². The molecule has 2 aliphatic rings. The molecule has 2 aromatic rings. The molecule has 0 amide bonds. The SMILES string of the molecule is C=CCCC1CCC2CC(c3ccc(C(=O)Oc4ccc(C)cc4F)c(F)c3)CCC2C1. The second kappa shape index (κ2) is 9.97. The van der Waals surface area contributed by atoms with Crippen LogP contribution in [0.25, 0.3) is 0 Å². The molecule has 0 aliphatic heterocycles. The fourth-order valence-electron chi connectivity index (χ4n) is 5.70. The molecule has 0 heterocycles. The van der Waals surface area contributed by atoms with E-state index in [9.17, 15) is 13.6 Å². The number of aryl methyl sites for hydroxylation is 1. The van der Waals surface area contributed by atoms with E-state index in [0.29, 0.717) is 11.8 Å². The topological polar surface area (TPSA) is 26.3 Å². The van der Waals surface area contributed by atoms with Crippen LogP contribution in [0.15, 0.2) is 49.1 Å². The molecule has 0 saturated heterocycles. The van der Waals surface area contributed by atoms with Crippen molar-refractivity contribution in [1.29, 1.82) is 0 Å². The molecule has 0 radical (unpaired) electrons. The number of hydrogen-bond donors (Lipinski definition) is 0. The molecule has 4 unspecified atom stereocenters. The first-order valence-electron chi connectivity index (χ1n) is 11.8. The van der Waals surface area contributed by atoms with E-state index in [1.54, 1.807) is 13.0 Å². The standard InChI is InChI=1S/C28H32F2O2/c1-3-4-5-19-7-8-21-16-22(10-9-20(21)15-19)23-11-12-24(25(29)17-23)28(31)32-27-13-6-18(2)14-26(27)30/h3,6,11-14,17,19-22H,1,4-5,7-10,15-16H2,2H3. The molecule has 0 bridgehead atoms. The van der Waals surface area contributed by atoms with Crippen LogP contribution in [0.1, 0.15) is 78.8 Å². The lowest BCUT2D eigenvalue weighted by atomic mass is 9.63. The summed E-state index contributed by atoms with van der Waals surface area (Å²) in [6.07, 6.45) is 11.6. The van der Waals surface area contributed by atoms with Crippen molar-refractivity contribution in [2.45, 2.75) is 64.2 Å². The molecule has 170 valence electrons. The van der Waals surface area contributed by atoms with Gasteiger partial charge in [0.1, 0.15) is 5.82 Å². The third kappa shape index (κ3) is 5.11. The number of esters is 1. The van der Waals surface area contributed by atoms with Gasteiger partial charge in [0.25, 0.3) is 0 Å². The van der Waals surface area contributed by atoms with Crippen LogP contribution in [-0.2, 0) is 0 Å². The maximum Gasteiger partial charge on any atom is 0.346 e. The number of carbonyl (C=O) groups is 1. The third-order valence-electron chi connectivity index (χ3n) is 7.48. The van der Waals surface area contributed by atoms with Crippen molar-refractivity contribution in [3.05, 3.63) is 77.4 Å². The number of halogens is 2. The van der Waals surface area contributed by atoms with Gasteiger partial charge in [0.05, 0.1) is 5.56 Å². The monoisotopic (exact) mass is 438 g/mol. The van der Waals surface area contributed by atoms with Crippen molar-refractivity contribution < 1.29 is 18.3 Å². The van der Waals surface area contributed by atoms with E-state index < -0.39 is 17.6 Å². The molecule has 0 spiro atoms. The summed E-state index contributed by atoms with van der Waals surface area (Å²) in [4.78, 5) is 12.4. The number of ether oxygens (including phenoxy) is 1. The summed E-state index contributed by atoms with van der Waals surface area (Å²) in [5.41, 5.74) is 1.51. The van der Waals surface area contributed by atoms with Crippen LogP contribution in [0.4, 0.5) is 8.78 Å². The highest BCUT2D eigenvalue weighted by atomic mass is 19.1. The number of fused-ring (bicyclic) bond motifs is 1. The molecule has 0 aromatic heterocycles. The van der Waals surface area contributed by atoms with Gasteiger partial charge in [0.2, 0.25) is 0 Å². The van der Waals surface area contributed by atoms with E-state index in [0.717, 1.165) is 42.2 Å². The first kappa shape index (κ1) is 22.7. The maximum atomic E-state index is 14.8. The molecule has 4 rings (SSSR count). The zero-order valence-corrected chi connectivity index (χ0v) is 18.8. The number of allylic oxidation sites excluding steroid dienone is 1. The summed E-state index contributed by atoms with van der Waals surface area (Å²) in [6.45, 7) is 5.59. The number of benzene rings is 2. The Morgan fingerprint density at radius 3 is 2.56 bits per heavy atom. The van der Waals surface area contributed by atoms with Gasteiger partial charge in [0, 0.05) is 0 Å². The third-order valence-corrected chi connectivity index (χ3v) is 7.48. The van der Waals surface area contributed by atoms with Crippen molar-refractivity contribution in [2.24, 2.45) is 17.8 Å². The van der Waals surface area contributed by atoms with Crippen LogP contribution in [-0.4, -0.2) is 5.97 Å². The van der Waals surface area contributed by atoms with E-state index in [2.05, 4.69) is 6.58 Å².